The highest BCUT2D eigenvalue weighted by Gasteiger charge is 2.01. The Labute approximate surface area is 68.6 Å². The fraction of sp³-hybridized carbons (Fsp3) is 0.273. The Morgan fingerprint density at radius 2 is 1.73 bits per heavy atom. The van der Waals surface area contributed by atoms with Gasteiger partial charge in [0.25, 0.3) is 0 Å². The van der Waals surface area contributed by atoms with Crippen LogP contribution in [-0.2, 0) is 0 Å². The van der Waals surface area contributed by atoms with Crippen LogP contribution in [0.5, 0.6) is 0 Å². The van der Waals surface area contributed by atoms with Crippen LogP contribution < -0.4 is 0 Å². The van der Waals surface area contributed by atoms with Crippen LogP contribution in [0.3, 0.4) is 0 Å². The van der Waals surface area contributed by atoms with Crippen LogP contribution in [0.2, 0.25) is 0 Å². The maximum absolute atomic E-state index is 3.96. The first-order valence-electron chi connectivity index (χ1n) is 3.86. The first-order chi connectivity index (χ1) is 5.18. The molecule has 0 amide bonds. The van der Waals surface area contributed by atoms with Crippen LogP contribution in [0.4, 0.5) is 0 Å². The van der Waals surface area contributed by atoms with Gasteiger partial charge in [-0.15, -0.1) is 0 Å². The van der Waals surface area contributed by atoms with Crippen molar-refractivity contribution in [2.24, 2.45) is 0 Å². The van der Waals surface area contributed by atoms with Crippen molar-refractivity contribution in [2.75, 3.05) is 0 Å². The standard InChI is InChI=1S/C11H14/c1-9-5-4-6-10(2)8-11(3)7-9/h4-5H,1-3,6-8H2. The zero-order chi connectivity index (χ0) is 8.27. The second kappa shape index (κ2) is 3.38. The van der Waals surface area contributed by atoms with Gasteiger partial charge in [-0.1, -0.05) is 48.6 Å². The highest BCUT2D eigenvalue weighted by molar-refractivity contribution is 5.27. The van der Waals surface area contributed by atoms with Gasteiger partial charge in [-0.25, -0.2) is 0 Å². The Bertz CT molecular complexity index is 228. The minimum Gasteiger partial charge on any atom is -0.0992 e. The summed E-state index contributed by atoms with van der Waals surface area (Å²) >= 11 is 0. The minimum atomic E-state index is 0.926. The van der Waals surface area contributed by atoms with Gasteiger partial charge in [-0.05, 0) is 19.3 Å². The summed E-state index contributed by atoms with van der Waals surface area (Å²) in [6, 6.07) is 0. The lowest BCUT2D eigenvalue weighted by Gasteiger charge is -2.10. The fourth-order valence-electron chi connectivity index (χ4n) is 1.26. The zero-order valence-electron chi connectivity index (χ0n) is 6.90. The van der Waals surface area contributed by atoms with E-state index in [4.69, 9.17) is 0 Å². The van der Waals surface area contributed by atoms with Gasteiger partial charge in [-0.2, -0.15) is 0 Å². The molecule has 0 heterocycles. The molecular weight excluding hydrogens is 132 g/mol. The number of rotatable bonds is 0. The Kier molecular flexibility index (Phi) is 2.48. The number of allylic oxidation sites excluding steroid dienone is 5. The van der Waals surface area contributed by atoms with E-state index in [1.54, 1.807) is 0 Å². The van der Waals surface area contributed by atoms with Crippen molar-refractivity contribution < 1.29 is 0 Å². The van der Waals surface area contributed by atoms with E-state index in [1.807, 2.05) is 0 Å². The second-order valence-corrected chi connectivity index (χ2v) is 3.12. The average Bonchev–Trinajstić information content (AvgIpc) is 1.83. The van der Waals surface area contributed by atoms with Crippen LogP contribution in [0.25, 0.3) is 0 Å². The number of hydrogen-bond acceptors (Lipinski definition) is 0. The lowest BCUT2D eigenvalue weighted by atomic mass is 9.96. The molecule has 1 rings (SSSR count). The predicted molar refractivity (Wildman–Crippen MR) is 50.4 cm³/mol. The van der Waals surface area contributed by atoms with E-state index in [-0.39, 0.29) is 0 Å². The van der Waals surface area contributed by atoms with Crippen molar-refractivity contribution in [1.82, 2.24) is 0 Å². The highest BCUT2D eigenvalue weighted by atomic mass is 14.1. The molecular formula is C11H14. The summed E-state index contributed by atoms with van der Waals surface area (Å²) in [5, 5.41) is 0. The van der Waals surface area contributed by atoms with Crippen LogP contribution in [-0.4, -0.2) is 0 Å². The lowest BCUT2D eigenvalue weighted by Crippen LogP contribution is -1.90. The predicted octanol–water partition coefficient (Wildman–Crippen LogP) is 3.40. The molecule has 0 aromatic heterocycles. The van der Waals surface area contributed by atoms with Crippen molar-refractivity contribution in [1.29, 1.82) is 0 Å². The van der Waals surface area contributed by atoms with Gasteiger partial charge >= 0.3 is 0 Å². The third kappa shape index (κ3) is 2.58. The largest absolute Gasteiger partial charge is 0.0992 e. The van der Waals surface area contributed by atoms with E-state index in [2.05, 4.69) is 31.9 Å². The Morgan fingerprint density at radius 1 is 1.00 bits per heavy atom. The van der Waals surface area contributed by atoms with Crippen molar-refractivity contribution >= 4 is 0 Å². The summed E-state index contributed by atoms with van der Waals surface area (Å²) in [5.74, 6) is 0. The Hall–Kier alpha value is -1.04. The van der Waals surface area contributed by atoms with E-state index in [0.29, 0.717) is 0 Å². The SMILES string of the molecule is C=C1C=CCC(=C)CC(=C)C1. The van der Waals surface area contributed by atoms with Crippen molar-refractivity contribution in [3.8, 4) is 0 Å². The smallest absolute Gasteiger partial charge is 0.00726 e. The quantitative estimate of drug-likeness (QED) is 0.459. The first kappa shape index (κ1) is 8.06. The lowest BCUT2D eigenvalue weighted by molar-refractivity contribution is 0.981. The van der Waals surface area contributed by atoms with Gasteiger partial charge in [0.1, 0.15) is 0 Å². The molecule has 58 valence electrons. The van der Waals surface area contributed by atoms with Gasteiger partial charge in [0, 0.05) is 0 Å². The van der Waals surface area contributed by atoms with Gasteiger partial charge < -0.3 is 0 Å². The molecule has 0 bridgehead atoms. The van der Waals surface area contributed by atoms with E-state index in [1.165, 1.54) is 11.1 Å². The van der Waals surface area contributed by atoms with Crippen LogP contribution in [0.1, 0.15) is 19.3 Å². The van der Waals surface area contributed by atoms with Gasteiger partial charge in [0.15, 0.2) is 0 Å². The molecule has 1 aliphatic carbocycles. The molecule has 0 saturated heterocycles. The summed E-state index contributed by atoms with van der Waals surface area (Å²) in [6.45, 7) is 11.8. The maximum Gasteiger partial charge on any atom is -0.00726 e. The fourth-order valence-corrected chi connectivity index (χ4v) is 1.26. The topological polar surface area (TPSA) is 0 Å². The van der Waals surface area contributed by atoms with Crippen molar-refractivity contribution in [3.63, 3.8) is 0 Å². The Balaban J connectivity index is 2.71. The molecule has 1 aliphatic rings. The van der Waals surface area contributed by atoms with Gasteiger partial charge in [0.05, 0.1) is 0 Å². The van der Waals surface area contributed by atoms with E-state index in [9.17, 15) is 0 Å². The normalized spacial score (nSPS) is 19.8. The molecule has 0 saturated carbocycles. The third-order valence-corrected chi connectivity index (χ3v) is 1.74. The molecule has 0 fully saturated rings. The summed E-state index contributed by atoms with van der Waals surface area (Å²) in [5.41, 5.74) is 3.63. The van der Waals surface area contributed by atoms with E-state index in [0.717, 1.165) is 24.8 Å². The summed E-state index contributed by atoms with van der Waals surface area (Å²) in [6.07, 6.45) is 7.05. The molecule has 0 heteroatoms. The van der Waals surface area contributed by atoms with Crippen molar-refractivity contribution in [2.45, 2.75) is 19.3 Å². The summed E-state index contributed by atoms with van der Waals surface area (Å²) < 4.78 is 0. The third-order valence-electron chi connectivity index (χ3n) is 1.74. The van der Waals surface area contributed by atoms with Crippen molar-refractivity contribution in [3.05, 3.63) is 48.6 Å². The molecule has 0 spiro atoms. The van der Waals surface area contributed by atoms with Gasteiger partial charge in [0.2, 0.25) is 0 Å². The first-order valence-corrected chi connectivity index (χ1v) is 3.86. The summed E-state index contributed by atoms with van der Waals surface area (Å²) in [7, 11) is 0. The molecule has 0 radical (unpaired) electrons. The zero-order valence-corrected chi connectivity index (χ0v) is 6.90. The minimum absolute atomic E-state index is 0.926. The molecule has 0 N–H and O–H groups in total. The average molecular weight is 146 g/mol. The summed E-state index contributed by atoms with van der Waals surface area (Å²) in [4.78, 5) is 0. The molecule has 0 atom stereocenters. The van der Waals surface area contributed by atoms with E-state index < -0.39 is 0 Å². The number of hydrogen-bond donors (Lipinski definition) is 0. The molecule has 11 heavy (non-hydrogen) atoms. The van der Waals surface area contributed by atoms with E-state index >= 15 is 0 Å². The van der Waals surface area contributed by atoms with Crippen LogP contribution in [0.15, 0.2) is 48.6 Å². The maximum atomic E-state index is 3.96. The molecule has 0 nitrogen and oxygen atoms in total. The van der Waals surface area contributed by atoms with Crippen LogP contribution in [0, 0.1) is 0 Å². The monoisotopic (exact) mass is 146 g/mol. The Morgan fingerprint density at radius 3 is 2.45 bits per heavy atom. The van der Waals surface area contributed by atoms with Crippen LogP contribution >= 0.6 is 0 Å². The molecule has 0 unspecified atom stereocenters. The molecule has 0 aromatic rings. The molecule has 0 aromatic carbocycles. The molecule has 0 aliphatic heterocycles. The second-order valence-electron chi connectivity index (χ2n) is 3.12. The highest BCUT2D eigenvalue weighted by Crippen LogP contribution is 2.21. The van der Waals surface area contributed by atoms with Gasteiger partial charge in [-0.3, -0.25) is 0 Å².